The van der Waals surface area contributed by atoms with Gasteiger partial charge in [-0.25, -0.2) is 0 Å². The molecule has 1 aliphatic rings. The molecule has 94 valence electrons. The minimum Gasteiger partial charge on any atom is -0.298 e. The molecule has 0 atom stereocenters. The highest BCUT2D eigenvalue weighted by Crippen LogP contribution is 2.21. The van der Waals surface area contributed by atoms with E-state index in [9.17, 15) is 0 Å². The maximum atomic E-state index is 5.69. The number of rotatable bonds is 4. The predicted octanol–water partition coefficient (Wildman–Crippen LogP) is 3.20. The quantitative estimate of drug-likeness (QED) is 0.836. The van der Waals surface area contributed by atoms with Gasteiger partial charge in [-0.1, -0.05) is 31.0 Å². The van der Waals surface area contributed by atoms with Gasteiger partial charge in [-0.3, -0.25) is 9.82 Å². The molecule has 0 aliphatic heterocycles. The average Bonchev–Trinajstić information content (AvgIpc) is 2.92. The van der Waals surface area contributed by atoms with Crippen LogP contribution in [0.15, 0.2) is 36.7 Å². The Hall–Kier alpha value is -1.45. The average molecular weight is 242 g/mol. The van der Waals surface area contributed by atoms with Crippen molar-refractivity contribution < 1.29 is 4.84 Å². The Morgan fingerprint density at radius 3 is 3.00 bits per heavy atom. The summed E-state index contributed by atoms with van der Waals surface area (Å²) in [5.74, 6) is 0. The largest absolute Gasteiger partial charge is 0.298 e. The lowest BCUT2D eigenvalue weighted by atomic mass is 10.1. The SMILES string of the molecule is c1cc(CNOC2CCCC2)c2ccncc2c1. The number of aromatic nitrogens is 1. The highest BCUT2D eigenvalue weighted by Gasteiger charge is 2.15. The van der Waals surface area contributed by atoms with Gasteiger partial charge in [-0.2, -0.15) is 5.48 Å². The molecule has 3 rings (SSSR count). The number of hydroxylamine groups is 1. The van der Waals surface area contributed by atoms with E-state index in [-0.39, 0.29) is 0 Å². The molecule has 1 fully saturated rings. The van der Waals surface area contributed by atoms with Gasteiger partial charge < -0.3 is 0 Å². The first-order valence-electron chi connectivity index (χ1n) is 6.63. The Balaban J connectivity index is 1.66. The molecule has 0 amide bonds. The molecule has 1 aromatic carbocycles. The Kier molecular flexibility index (Phi) is 3.53. The second-order valence-electron chi connectivity index (χ2n) is 4.86. The zero-order chi connectivity index (χ0) is 12.2. The van der Waals surface area contributed by atoms with E-state index in [1.165, 1.54) is 42.0 Å². The third kappa shape index (κ3) is 2.52. The number of fused-ring (bicyclic) bond motifs is 1. The molecule has 1 aliphatic carbocycles. The Bertz CT molecular complexity index is 515. The van der Waals surface area contributed by atoms with E-state index >= 15 is 0 Å². The fourth-order valence-electron chi connectivity index (χ4n) is 2.59. The minimum absolute atomic E-state index is 0.404. The molecule has 1 heterocycles. The van der Waals surface area contributed by atoms with Crippen molar-refractivity contribution in [3.05, 3.63) is 42.2 Å². The lowest BCUT2D eigenvalue weighted by Crippen LogP contribution is -2.21. The van der Waals surface area contributed by atoms with Crippen LogP contribution in [0.5, 0.6) is 0 Å². The Labute approximate surface area is 107 Å². The molecule has 1 saturated carbocycles. The lowest BCUT2D eigenvalue weighted by molar-refractivity contribution is -0.0242. The molecule has 1 N–H and O–H groups in total. The second-order valence-corrected chi connectivity index (χ2v) is 4.86. The molecular formula is C15H18N2O. The molecule has 18 heavy (non-hydrogen) atoms. The summed E-state index contributed by atoms with van der Waals surface area (Å²) < 4.78 is 0. The number of hydrogen-bond donors (Lipinski definition) is 1. The standard InChI is InChI=1S/C15H18N2O/c1-2-7-14(6-1)18-17-11-13-5-3-4-12-10-16-9-8-15(12)13/h3-5,8-10,14,17H,1-2,6-7,11H2. The molecule has 2 aromatic rings. The third-order valence-electron chi connectivity index (χ3n) is 3.59. The first-order chi connectivity index (χ1) is 8.93. The molecule has 1 aromatic heterocycles. The van der Waals surface area contributed by atoms with E-state index in [2.05, 4.69) is 34.7 Å². The van der Waals surface area contributed by atoms with E-state index in [4.69, 9.17) is 4.84 Å². The van der Waals surface area contributed by atoms with Crippen molar-refractivity contribution in [1.29, 1.82) is 0 Å². The van der Waals surface area contributed by atoms with Crippen LogP contribution < -0.4 is 5.48 Å². The normalized spacial score (nSPS) is 16.4. The predicted molar refractivity (Wildman–Crippen MR) is 71.9 cm³/mol. The van der Waals surface area contributed by atoms with Crippen LogP contribution in [0.25, 0.3) is 10.8 Å². The molecule has 0 spiro atoms. The second kappa shape index (κ2) is 5.46. The van der Waals surface area contributed by atoms with Crippen molar-refractivity contribution in [3.8, 4) is 0 Å². The topological polar surface area (TPSA) is 34.1 Å². The van der Waals surface area contributed by atoms with Crippen LogP contribution in [-0.4, -0.2) is 11.1 Å². The molecule has 0 saturated heterocycles. The first kappa shape index (κ1) is 11.6. The van der Waals surface area contributed by atoms with Crippen molar-refractivity contribution in [1.82, 2.24) is 10.5 Å². The zero-order valence-electron chi connectivity index (χ0n) is 10.4. The summed E-state index contributed by atoms with van der Waals surface area (Å²) in [4.78, 5) is 9.84. The highest BCUT2D eigenvalue weighted by molar-refractivity contribution is 5.84. The summed E-state index contributed by atoms with van der Waals surface area (Å²) >= 11 is 0. The van der Waals surface area contributed by atoms with Gasteiger partial charge >= 0.3 is 0 Å². The van der Waals surface area contributed by atoms with E-state index in [1.54, 1.807) is 0 Å². The van der Waals surface area contributed by atoms with Gasteiger partial charge in [0.2, 0.25) is 0 Å². The number of pyridine rings is 1. The van der Waals surface area contributed by atoms with Crippen LogP contribution >= 0.6 is 0 Å². The van der Waals surface area contributed by atoms with Crippen LogP contribution in [0, 0.1) is 0 Å². The summed E-state index contributed by atoms with van der Waals surface area (Å²) in [6.07, 6.45) is 9.11. The van der Waals surface area contributed by atoms with Crippen molar-refractivity contribution >= 4 is 10.8 Å². The van der Waals surface area contributed by atoms with E-state index in [0.717, 1.165) is 6.54 Å². The van der Waals surface area contributed by atoms with Crippen molar-refractivity contribution in [3.63, 3.8) is 0 Å². The molecule has 3 nitrogen and oxygen atoms in total. The van der Waals surface area contributed by atoms with Crippen molar-refractivity contribution in [2.45, 2.75) is 38.3 Å². The fourth-order valence-corrected chi connectivity index (χ4v) is 2.59. The van der Waals surface area contributed by atoms with Crippen LogP contribution in [0.2, 0.25) is 0 Å². The monoisotopic (exact) mass is 242 g/mol. The summed E-state index contributed by atoms with van der Waals surface area (Å²) in [6.45, 7) is 0.748. The molecule has 3 heteroatoms. The number of hydrogen-bond acceptors (Lipinski definition) is 3. The highest BCUT2D eigenvalue weighted by atomic mass is 16.7. The van der Waals surface area contributed by atoms with Gasteiger partial charge in [0.1, 0.15) is 0 Å². The van der Waals surface area contributed by atoms with Gasteiger partial charge in [0.25, 0.3) is 0 Å². The third-order valence-corrected chi connectivity index (χ3v) is 3.59. The van der Waals surface area contributed by atoms with Crippen LogP contribution in [-0.2, 0) is 11.4 Å². The van der Waals surface area contributed by atoms with Gasteiger partial charge in [0, 0.05) is 24.3 Å². The molecule has 0 unspecified atom stereocenters. The Morgan fingerprint density at radius 1 is 1.22 bits per heavy atom. The fraction of sp³-hybridized carbons (Fsp3) is 0.400. The van der Waals surface area contributed by atoms with Crippen molar-refractivity contribution in [2.75, 3.05) is 0 Å². The smallest absolute Gasteiger partial charge is 0.0790 e. The number of nitrogens with zero attached hydrogens (tertiary/aromatic N) is 1. The van der Waals surface area contributed by atoms with Crippen LogP contribution in [0.3, 0.4) is 0 Å². The van der Waals surface area contributed by atoms with Gasteiger partial charge in [-0.15, -0.1) is 0 Å². The van der Waals surface area contributed by atoms with Gasteiger partial charge in [0.15, 0.2) is 0 Å². The van der Waals surface area contributed by atoms with Gasteiger partial charge in [-0.05, 0) is 29.9 Å². The van der Waals surface area contributed by atoms with E-state index in [1.807, 2.05) is 12.4 Å². The first-order valence-corrected chi connectivity index (χ1v) is 6.63. The van der Waals surface area contributed by atoms with Gasteiger partial charge in [0.05, 0.1) is 6.10 Å². The summed E-state index contributed by atoms with van der Waals surface area (Å²) in [5, 5.41) is 2.42. The summed E-state index contributed by atoms with van der Waals surface area (Å²) in [5.41, 5.74) is 4.37. The molecular weight excluding hydrogens is 224 g/mol. The molecule has 0 radical (unpaired) electrons. The lowest BCUT2D eigenvalue weighted by Gasteiger charge is -2.12. The van der Waals surface area contributed by atoms with Crippen molar-refractivity contribution in [2.24, 2.45) is 0 Å². The summed E-state index contributed by atoms with van der Waals surface area (Å²) in [7, 11) is 0. The van der Waals surface area contributed by atoms with E-state index < -0.39 is 0 Å². The number of nitrogens with one attached hydrogen (secondary N) is 1. The molecule has 0 bridgehead atoms. The maximum absolute atomic E-state index is 5.69. The van der Waals surface area contributed by atoms with Crippen LogP contribution in [0.4, 0.5) is 0 Å². The Morgan fingerprint density at radius 2 is 2.11 bits per heavy atom. The van der Waals surface area contributed by atoms with Crippen LogP contribution in [0.1, 0.15) is 31.2 Å². The number of benzene rings is 1. The maximum Gasteiger partial charge on any atom is 0.0790 e. The zero-order valence-corrected chi connectivity index (χ0v) is 10.4. The van der Waals surface area contributed by atoms with E-state index in [0.29, 0.717) is 6.10 Å². The summed E-state index contributed by atoms with van der Waals surface area (Å²) in [6, 6.07) is 8.34. The minimum atomic E-state index is 0.404.